The van der Waals surface area contributed by atoms with Crippen molar-refractivity contribution in [3.63, 3.8) is 0 Å². The molecule has 1 saturated heterocycles. The molecule has 6 atom stereocenters. The molecule has 10 N–H and O–H groups in total. The van der Waals surface area contributed by atoms with Crippen LogP contribution in [0.5, 0.6) is 0 Å². The van der Waals surface area contributed by atoms with E-state index in [1.807, 2.05) is 0 Å². The number of nitrogen functional groups attached to an aromatic ring is 1. The molecule has 2 heterocycles. The number of aliphatic hydroxyl groups excluding tert-OH is 1. The van der Waals surface area contributed by atoms with Crippen molar-refractivity contribution in [1.29, 1.82) is 0 Å². The highest BCUT2D eigenvalue weighted by atomic mass is 33.1. The third kappa shape index (κ3) is 19.9. The van der Waals surface area contributed by atoms with E-state index >= 15 is 0 Å². The smallest absolute Gasteiger partial charge is 0.390 e. The van der Waals surface area contributed by atoms with Crippen molar-refractivity contribution in [2.45, 2.75) is 76.9 Å². The summed E-state index contributed by atoms with van der Waals surface area (Å²) < 4.78 is 52.4. The Morgan fingerprint density at radius 3 is 2.42 bits per heavy atom. The van der Waals surface area contributed by atoms with Gasteiger partial charge in [0.05, 0.1) is 24.8 Å². The van der Waals surface area contributed by atoms with Crippen LogP contribution in [-0.4, -0.2) is 107 Å². The number of aliphatic hydroxyl groups is 1. The van der Waals surface area contributed by atoms with Gasteiger partial charge < -0.3 is 55.9 Å². The second-order valence-corrected chi connectivity index (χ2v) is 18.6. The SMILES string of the molecule is CC(=O)CCCCCNC(=O)C(CSSCCC(=O)NCC#Cc1cn(C2CC(O)C(COP(=O)(O)OP(=O)(O)OP(=O)(O)O)O2)c(=O)nc1N)NC(C)=O. The minimum Gasteiger partial charge on any atom is -0.390 e. The summed E-state index contributed by atoms with van der Waals surface area (Å²) in [5.41, 5.74) is 4.94. The molecule has 0 spiro atoms. The molecule has 6 unspecified atom stereocenters. The van der Waals surface area contributed by atoms with Gasteiger partial charge in [-0.1, -0.05) is 39.8 Å². The average molecular weight is 881 g/mol. The van der Waals surface area contributed by atoms with Crippen LogP contribution in [0.3, 0.4) is 0 Å². The van der Waals surface area contributed by atoms with Gasteiger partial charge in [0.15, 0.2) is 0 Å². The van der Waals surface area contributed by atoms with Crippen LogP contribution in [0.25, 0.3) is 0 Å². The number of phosphoric acid groups is 3. The van der Waals surface area contributed by atoms with E-state index in [2.05, 4.69) is 45.9 Å². The zero-order valence-corrected chi connectivity index (χ0v) is 33.7. The Balaban J connectivity index is 1.82. The van der Waals surface area contributed by atoms with Gasteiger partial charge in [-0.05, 0) is 19.8 Å². The van der Waals surface area contributed by atoms with Crippen LogP contribution in [0.15, 0.2) is 11.0 Å². The van der Waals surface area contributed by atoms with Crippen molar-refractivity contribution >= 4 is 74.4 Å². The highest BCUT2D eigenvalue weighted by Crippen LogP contribution is 2.66. The van der Waals surface area contributed by atoms with Gasteiger partial charge in [0.1, 0.15) is 30.0 Å². The van der Waals surface area contributed by atoms with E-state index in [1.54, 1.807) is 0 Å². The van der Waals surface area contributed by atoms with E-state index in [0.29, 0.717) is 25.1 Å². The van der Waals surface area contributed by atoms with E-state index in [0.717, 1.165) is 17.4 Å². The number of nitrogens with one attached hydrogen (secondary N) is 3. The average Bonchev–Trinajstić information content (AvgIpc) is 3.41. The van der Waals surface area contributed by atoms with Crippen LogP contribution in [0.1, 0.15) is 64.2 Å². The summed E-state index contributed by atoms with van der Waals surface area (Å²) in [7, 11) is -14.2. The lowest BCUT2D eigenvalue weighted by Crippen LogP contribution is -2.47. The number of ketones is 1. The fraction of sp³-hybridized carbons (Fsp3) is 0.630. The summed E-state index contributed by atoms with van der Waals surface area (Å²) in [5.74, 6) is 4.79. The first-order valence-corrected chi connectivity index (χ1v) is 23.1. The number of unbranched alkanes of at least 4 members (excludes halogenated alkanes) is 2. The molecule has 23 nitrogen and oxygen atoms in total. The molecule has 1 aliphatic heterocycles. The molecule has 55 heavy (non-hydrogen) atoms. The van der Waals surface area contributed by atoms with Crippen LogP contribution >= 0.6 is 45.1 Å². The van der Waals surface area contributed by atoms with Crippen molar-refractivity contribution in [2.24, 2.45) is 0 Å². The Morgan fingerprint density at radius 1 is 1.05 bits per heavy atom. The van der Waals surface area contributed by atoms with Crippen LogP contribution in [-0.2, 0) is 50.8 Å². The molecule has 0 saturated carbocycles. The molecule has 1 aromatic rings. The highest BCUT2D eigenvalue weighted by Gasteiger charge is 2.43. The third-order valence-corrected chi connectivity index (χ3v) is 13.1. The lowest BCUT2D eigenvalue weighted by molar-refractivity contribution is -0.127. The molecular formula is C27H43N6O17P3S2. The number of aromatic nitrogens is 2. The first-order valence-electron chi connectivity index (χ1n) is 16.1. The van der Waals surface area contributed by atoms with Gasteiger partial charge in [0.2, 0.25) is 17.7 Å². The summed E-state index contributed by atoms with van der Waals surface area (Å²) in [6.07, 6.45) is -0.336. The van der Waals surface area contributed by atoms with E-state index in [-0.39, 0.29) is 60.0 Å². The topological polar surface area (TPSA) is 355 Å². The molecule has 0 radical (unpaired) electrons. The number of phosphoric ester groups is 1. The van der Waals surface area contributed by atoms with Crippen molar-refractivity contribution in [3.05, 3.63) is 22.2 Å². The van der Waals surface area contributed by atoms with Crippen molar-refractivity contribution in [2.75, 3.05) is 36.9 Å². The first-order chi connectivity index (χ1) is 25.6. The molecule has 1 aliphatic rings. The number of hydrogen-bond acceptors (Lipinski definition) is 17. The maximum absolute atomic E-state index is 12.5. The molecular weight excluding hydrogens is 837 g/mol. The summed E-state index contributed by atoms with van der Waals surface area (Å²) >= 11 is 0. The number of rotatable bonds is 23. The molecule has 2 rings (SSSR count). The molecule has 0 aliphatic carbocycles. The van der Waals surface area contributed by atoms with Gasteiger partial charge >= 0.3 is 29.2 Å². The van der Waals surface area contributed by atoms with Crippen LogP contribution in [0, 0.1) is 11.8 Å². The Hall–Kier alpha value is -2.65. The lowest BCUT2D eigenvalue weighted by Gasteiger charge is -2.19. The predicted molar refractivity (Wildman–Crippen MR) is 196 cm³/mol. The number of amides is 3. The third-order valence-electron chi connectivity index (χ3n) is 6.84. The fourth-order valence-corrected chi connectivity index (χ4v) is 9.59. The molecule has 1 aromatic heterocycles. The quantitative estimate of drug-likeness (QED) is 0.0298. The van der Waals surface area contributed by atoms with Crippen LogP contribution in [0.4, 0.5) is 5.82 Å². The zero-order valence-electron chi connectivity index (χ0n) is 29.4. The lowest BCUT2D eigenvalue weighted by atomic mass is 10.1. The van der Waals surface area contributed by atoms with E-state index in [4.69, 9.17) is 20.3 Å². The monoisotopic (exact) mass is 880 g/mol. The number of nitrogens with zero attached hydrogens (tertiary/aromatic N) is 2. The predicted octanol–water partition coefficient (Wildman–Crippen LogP) is -0.173. The number of Topliss-reactive ketones (excluding diaryl/α,β-unsaturated/α-hetero) is 1. The van der Waals surface area contributed by atoms with E-state index < -0.39 is 60.2 Å². The zero-order chi connectivity index (χ0) is 41.4. The van der Waals surface area contributed by atoms with Gasteiger partial charge in [0.25, 0.3) is 0 Å². The number of anilines is 1. The molecule has 0 bridgehead atoms. The Labute approximate surface area is 322 Å². The summed E-state index contributed by atoms with van der Waals surface area (Å²) in [4.78, 5) is 99.8. The molecule has 28 heteroatoms. The van der Waals surface area contributed by atoms with Gasteiger partial charge in [-0.15, -0.1) is 0 Å². The highest BCUT2D eigenvalue weighted by molar-refractivity contribution is 8.76. The summed E-state index contributed by atoms with van der Waals surface area (Å²) in [6, 6.07) is -0.766. The van der Waals surface area contributed by atoms with Crippen LogP contribution < -0.4 is 27.4 Å². The number of ether oxygens (including phenoxy) is 1. The van der Waals surface area contributed by atoms with Gasteiger partial charge in [0, 0.05) is 50.4 Å². The van der Waals surface area contributed by atoms with Crippen molar-refractivity contribution in [1.82, 2.24) is 25.5 Å². The summed E-state index contributed by atoms with van der Waals surface area (Å²) in [6.45, 7) is 2.17. The van der Waals surface area contributed by atoms with E-state index in [9.17, 15) is 52.6 Å². The Morgan fingerprint density at radius 2 is 1.76 bits per heavy atom. The second kappa shape index (κ2) is 22.9. The fourth-order valence-electron chi connectivity index (χ4n) is 4.41. The van der Waals surface area contributed by atoms with Crippen molar-refractivity contribution in [3.8, 4) is 11.8 Å². The normalized spacial score (nSPS) is 19.6. The minimum atomic E-state index is -5.77. The first kappa shape index (κ1) is 48.5. The van der Waals surface area contributed by atoms with Gasteiger partial charge in [-0.2, -0.15) is 13.6 Å². The molecule has 0 aromatic carbocycles. The Kier molecular flexibility index (Phi) is 20.2. The molecule has 310 valence electrons. The van der Waals surface area contributed by atoms with Crippen LogP contribution in [0.2, 0.25) is 0 Å². The van der Waals surface area contributed by atoms with Gasteiger partial charge in [-0.3, -0.25) is 23.5 Å². The van der Waals surface area contributed by atoms with E-state index in [1.165, 1.54) is 41.6 Å². The number of nitrogens with two attached hydrogens (primary N) is 1. The second-order valence-electron chi connectivity index (χ2n) is 11.5. The standard InChI is InChI=1S/C27H43N6O17P3S2/c1-17(34)7-4-3-5-10-30-26(38)20(31-18(2)35)16-55-54-12-9-23(37)29-11-6-8-19-14-33(27(39)32-25(19)28)24-13-21(36)22(48-24)15-47-52(43,44)50-53(45,46)49-51(40,41)42/h14,20-22,24,36H,3-5,7,9-13,15-16H2,1-2H3,(H,29,37)(H,30,38)(H,31,35)(H,43,44)(H,45,46)(H2,28,32,39)(H2,40,41,42). The number of carbonyl (C=O) groups is 4. The van der Waals surface area contributed by atoms with Gasteiger partial charge in [-0.25, -0.2) is 18.5 Å². The molecule has 3 amide bonds. The molecule has 1 fully saturated rings. The Bertz CT molecular complexity index is 1790. The number of carbonyl (C=O) groups excluding carboxylic acids is 4. The maximum atomic E-state index is 12.5. The summed E-state index contributed by atoms with van der Waals surface area (Å²) in [5, 5.41) is 18.3. The number of hydrogen-bond donors (Lipinski definition) is 9. The minimum absolute atomic E-state index is 0.0429. The largest absolute Gasteiger partial charge is 0.490 e. The van der Waals surface area contributed by atoms with Crippen molar-refractivity contribution < 1.29 is 75.4 Å². The maximum Gasteiger partial charge on any atom is 0.490 e.